The van der Waals surface area contributed by atoms with Crippen molar-refractivity contribution in [1.29, 1.82) is 0 Å². The van der Waals surface area contributed by atoms with E-state index < -0.39 is 5.60 Å². The van der Waals surface area contributed by atoms with Gasteiger partial charge in [0.05, 0.1) is 7.11 Å². The van der Waals surface area contributed by atoms with Gasteiger partial charge in [0.25, 0.3) is 0 Å². The molecule has 5 aromatic rings. The van der Waals surface area contributed by atoms with E-state index in [1.165, 1.54) is 33.2 Å². The molecule has 0 atom stereocenters. The maximum atomic E-state index is 7.41. The zero-order valence-corrected chi connectivity index (χ0v) is 23.6. The molecule has 0 spiro atoms. The summed E-state index contributed by atoms with van der Waals surface area (Å²) in [4.78, 5) is 0. The van der Waals surface area contributed by atoms with Gasteiger partial charge in [0.2, 0.25) is 0 Å². The molecule has 2 nitrogen and oxygen atoms in total. The third-order valence-corrected chi connectivity index (χ3v) is 9.36. The molecule has 2 heteroatoms. The molecule has 0 bridgehead atoms. The van der Waals surface area contributed by atoms with Crippen LogP contribution in [-0.2, 0) is 11.0 Å². The minimum Gasteiger partial charge on any atom is -0.496 e. The molecule has 1 aliphatic carbocycles. The number of fused-ring (bicyclic) bond motifs is 8. The average molecular weight is 523 g/mol. The second-order valence-corrected chi connectivity index (χ2v) is 11.1. The number of ether oxygens (including phenoxy) is 2. The number of aryl methyl sites for hydroxylation is 1. The molecule has 198 valence electrons. The van der Waals surface area contributed by atoms with Crippen molar-refractivity contribution in [3.05, 3.63) is 137 Å². The highest BCUT2D eigenvalue weighted by Gasteiger charge is 2.46. The monoisotopic (exact) mass is 522 g/mol. The first-order valence-electron chi connectivity index (χ1n) is 14.4. The Morgan fingerprint density at radius 1 is 0.750 bits per heavy atom. The molecule has 2 aliphatic rings. The minimum atomic E-state index is -0.749. The molecule has 0 fully saturated rings. The molecule has 0 saturated carbocycles. The van der Waals surface area contributed by atoms with Gasteiger partial charge in [-0.15, -0.1) is 0 Å². The van der Waals surface area contributed by atoms with Crippen molar-refractivity contribution in [3.8, 4) is 22.6 Å². The van der Waals surface area contributed by atoms with Gasteiger partial charge in [0.1, 0.15) is 11.5 Å². The van der Waals surface area contributed by atoms with Gasteiger partial charge in [-0.3, -0.25) is 0 Å². The summed E-state index contributed by atoms with van der Waals surface area (Å²) in [6, 6.07) is 34.7. The summed E-state index contributed by atoms with van der Waals surface area (Å²) in [6.07, 6.45) is 6.67. The quantitative estimate of drug-likeness (QED) is 0.229. The second kappa shape index (κ2) is 9.13. The van der Waals surface area contributed by atoms with Gasteiger partial charge in [-0.25, -0.2) is 0 Å². The predicted octanol–water partition coefficient (Wildman–Crippen LogP) is 9.59. The number of benzene rings is 5. The van der Waals surface area contributed by atoms with Gasteiger partial charge in [0, 0.05) is 27.5 Å². The normalized spacial score (nSPS) is 15.7. The summed E-state index contributed by atoms with van der Waals surface area (Å²) in [6.45, 7) is 6.80. The maximum absolute atomic E-state index is 7.41. The van der Waals surface area contributed by atoms with Crippen LogP contribution in [0.4, 0.5) is 0 Å². The molecule has 40 heavy (non-hydrogen) atoms. The molecule has 0 saturated heterocycles. The smallest absolute Gasteiger partial charge is 0.178 e. The minimum absolute atomic E-state index is 0.0781. The van der Waals surface area contributed by atoms with Crippen molar-refractivity contribution < 1.29 is 9.47 Å². The fourth-order valence-corrected chi connectivity index (χ4v) is 7.36. The van der Waals surface area contributed by atoms with E-state index in [4.69, 9.17) is 9.47 Å². The molecular formula is C38H34O2. The number of methoxy groups -OCH3 is 1. The van der Waals surface area contributed by atoms with E-state index in [9.17, 15) is 0 Å². The van der Waals surface area contributed by atoms with E-state index in [0.29, 0.717) is 0 Å². The summed E-state index contributed by atoms with van der Waals surface area (Å²) in [5, 5.41) is 2.32. The lowest BCUT2D eigenvalue weighted by atomic mass is 9.71. The van der Waals surface area contributed by atoms with Crippen molar-refractivity contribution >= 4 is 16.8 Å². The van der Waals surface area contributed by atoms with Gasteiger partial charge >= 0.3 is 0 Å². The third-order valence-electron chi connectivity index (χ3n) is 9.36. The van der Waals surface area contributed by atoms with Crippen LogP contribution >= 0.6 is 0 Å². The Hall–Kier alpha value is -4.30. The Kier molecular flexibility index (Phi) is 5.64. The number of hydrogen-bond donors (Lipinski definition) is 0. The van der Waals surface area contributed by atoms with E-state index in [2.05, 4.69) is 130 Å². The lowest BCUT2D eigenvalue weighted by Gasteiger charge is -2.39. The van der Waals surface area contributed by atoms with Crippen LogP contribution in [0.1, 0.15) is 60.1 Å². The standard InChI is InChI=1S/C38H34O2/c1-5-37(6-2)32-20-14-13-19-28(32)34-30-23-25(3)33(39-4)24-31(30)36-29(35(34)37)21-22-38(40-36,26-15-9-7-10-16-26)27-17-11-8-12-18-27/h7-24H,5-6H2,1-4H3. The van der Waals surface area contributed by atoms with Crippen LogP contribution in [0.15, 0.2) is 103 Å². The molecule has 0 N–H and O–H groups in total. The summed E-state index contributed by atoms with van der Waals surface area (Å²) >= 11 is 0. The lowest BCUT2D eigenvalue weighted by Crippen LogP contribution is -2.35. The maximum Gasteiger partial charge on any atom is 0.178 e. The first kappa shape index (κ1) is 24.7. The molecule has 7 rings (SSSR count). The van der Waals surface area contributed by atoms with Gasteiger partial charge in [-0.05, 0) is 71.2 Å². The summed E-state index contributed by atoms with van der Waals surface area (Å²) in [5.41, 5.74) is 9.22. The van der Waals surface area contributed by atoms with Crippen LogP contribution < -0.4 is 9.47 Å². The van der Waals surface area contributed by atoms with Crippen LogP contribution in [-0.4, -0.2) is 7.11 Å². The number of rotatable bonds is 5. The molecule has 0 aromatic heterocycles. The second-order valence-electron chi connectivity index (χ2n) is 11.1. The van der Waals surface area contributed by atoms with Crippen LogP contribution in [0.25, 0.3) is 28.0 Å². The molecule has 1 aliphatic heterocycles. The Balaban J connectivity index is 1.63. The predicted molar refractivity (Wildman–Crippen MR) is 165 cm³/mol. The highest BCUT2D eigenvalue weighted by atomic mass is 16.5. The van der Waals surface area contributed by atoms with Crippen molar-refractivity contribution in [3.63, 3.8) is 0 Å². The fraction of sp³-hybridized carbons (Fsp3) is 0.211. The Labute approximate surface area is 236 Å². The third kappa shape index (κ3) is 3.23. The van der Waals surface area contributed by atoms with Crippen molar-refractivity contribution in [2.45, 2.75) is 44.6 Å². The molecular weight excluding hydrogens is 488 g/mol. The molecule has 0 radical (unpaired) electrons. The molecule has 0 unspecified atom stereocenters. The van der Waals surface area contributed by atoms with Gasteiger partial charge in [-0.1, -0.05) is 105 Å². The molecule has 0 amide bonds. The number of hydrogen-bond acceptors (Lipinski definition) is 2. The van der Waals surface area contributed by atoms with E-state index in [1.807, 2.05) is 0 Å². The topological polar surface area (TPSA) is 18.5 Å². The zero-order valence-electron chi connectivity index (χ0n) is 23.6. The SMILES string of the molecule is CCC1(CC)c2ccccc2-c2c1c1c(c3cc(OC)c(C)cc23)OC(c2ccccc2)(c2ccccc2)C=C1. The van der Waals surface area contributed by atoms with Gasteiger partial charge in [-0.2, -0.15) is 0 Å². The summed E-state index contributed by atoms with van der Waals surface area (Å²) < 4.78 is 13.3. The van der Waals surface area contributed by atoms with Crippen LogP contribution in [0, 0.1) is 6.92 Å². The van der Waals surface area contributed by atoms with Crippen molar-refractivity contribution in [2.24, 2.45) is 0 Å². The Bertz CT molecular complexity index is 1740. The van der Waals surface area contributed by atoms with Crippen LogP contribution in [0.5, 0.6) is 11.5 Å². The van der Waals surface area contributed by atoms with E-state index >= 15 is 0 Å². The van der Waals surface area contributed by atoms with Gasteiger partial charge < -0.3 is 9.47 Å². The summed E-state index contributed by atoms with van der Waals surface area (Å²) in [5.74, 6) is 1.81. The molecule has 1 heterocycles. The fourth-order valence-electron chi connectivity index (χ4n) is 7.36. The first-order chi connectivity index (χ1) is 19.6. The highest BCUT2D eigenvalue weighted by molar-refractivity contribution is 6.09. The largest absolute Gasteiger partial charge is 0.496 e. The zero-order chi connectivity index (χ0) is 27.5. The Morgan fingerprint density at radius 2 is 1.38 bits per heavy atom. The Morgan fingerprint density at radius 3 is 2.00 bits per heavy atom. The van der Waals surface area contributed by atoms with E-state index in [-0.39, 0.29) is 5.41 Å². The van der Waals surface area contributed by atoms with Crippen LogP contribution in [0.3, 0.4) is 0 Å². The van der Waals surface area contributed by atoms with Gasteiger partial charge in [0.15, 0.2) is 5.60 Å². The van der Waals surface area contributed by atoms with E-state index in [1.54, 1.807) is 7.11 Å². The summed E-state index contributed by atoms with van der Waals surface area (Å²) in [7, 11) is 1.75. The lowest BCUT2D eigenvalue weighted by molar-refractivity contribution is 0.163. The first-order valence-corrected chi connectivity index (χ1v) is 14.4. The highest BCUT2D eigenvalue weighted by Crippen LogP contribution is 2.60. The molecule has 5 aromatic carbocycles. The van der Waals surface area contributed by atoms with E-state index in [0.717, 1.165) is 46.4 Å². The van der Waals surface area contributed by atoms with Crippen molar-refractivity contribution in [1.82, 2.24) is 0 Å². The van der Waals surface area contributed by atoms with Crippen molar-refractivity contribution in [2.75, 3.05) is 7.11 Å². The average Bonchev–Trinajstić information content (AvgIpc) is 3.32. The van der Waals surface area contributed by atoms with Crippen LogP contribution in [0.2, 0.25) is 0 Å².